The molecule has 0 radical (unpaired) electrons. The Bertz CT molecular complexity index is 1240. The molecule has 1 unspecified atom stereocenters. The largest absolute Gasteiger partial charge is 0.434 e. The van der Waals surface area contributed by atoms with Crippen molar-refractivity contribution in [2.45, 2.75) is 26.0 Å². The van der Waals surface area contributed by atoms with Crippen LogP contribution in [0.5, 0.6) is 11.6 Å². The van der Waals surface area contributed by atoms with Crippen LogP contribution in [0.4, 0.5) is 10.5 Å². The van der Waals surface area contributed by atoms with E-state index < -0.39 is 27.8 Å². The number of hydrogen-bond acceptors (Lipinski definition) is 8. The Balaban J connectivity index is 1.96. The van der Waals surface area contributed by atoms with E-state index in [0.717, 1.165) is 11.3 Å². The highest BCUT2D eigenvalue weighted by molar-refractivity contribution is 7.91. The average molecular weight is 504 g/mol. The number of hydrogen-bond donors (Lipinski definition) is 3. The molecule has 1 aromatic heterocycles. The molecule has 14 heteroatoms. The Labute approximate surface area is 192 Å². The number of benzene rings is 1. The number of halogens is 2. The number of ether oxygens (including phenoxy) is 1. The third-order valence-corrected chi connectivity index (χ3v) is 5.65. The third-order valence-electron chi connectivity index (χ3n) is 4.27. The third kappa shape index (κ3) is 5.38. The standard InChI is InChI=1S/C18H19Cl2N5O6S/c1-8(2)10-6-14(22-23-16(10)26)31-15-11(19)4-9(5-12(15)20)25-18(28)21-17(27)13(24-25)7-32(3,29)30/h4-6,8,17,27H,7H2,1-3H3,(H,21,28)(H,23,26). The summed E-state index contributed by atoms with van der Waals surface area (Å²) in [5.41, 5.74) is 0.0227. The van der Waals surface area contributed by atoms with Gasteiger partial charge in [0.2, 0.25) is 5.88 Å². The Morgan fingerprint density at radius 1 is 1.22 bits per heavy atom. The quantitative estimate of drug-likeness (QED) is 0.545. The first-order valence-corrected chi connectivity index (χ1v) is 12.0. The van der Waals surface area contributed by atoms with Gasteiger partial charge >= 0.3 is 6.03 Å². The van der Waals surface area contributed by atoms with Crippen LogP contribution in [-0.2, 0) is 9.84 Å². The topological polar surface area (TPSA) is 154 Å². The van der Waals surface area contributed by atoms with Gasteiger partial charge in [0, 0.05) is 17.9 Å². The smallest absolute Gasteiger partial charge is 0.344 e. The number of aromatic nitrogens is 2. The summed E-state index contributed by atoms with van der Waals surface area (Å²) < 4.78 is 28.8. The second-order valence-electron chi connectivity index (χ2n) is 7.31. The zero-order valence-corrected chi connectivity index (χ0v) is 19.4. The summed E-state index contributed by atoms with van der Waals surface area (Å²) in [6.45, 7) is 3.67. The molecule has 0 fully saturated rings. The predicted octanol–water partition coefficient (Wildman–Crippen LogP) is 2.24. The molecule has 32 heavy (non-hydrogen) atoms. The van der Waals surface area contributed by atoms with Crippen LogP contribution in [-0.4, -0.2) is 53.7 Å². The van der Waals surface area contributed by atoms with Crippen LogP contribution in [0.3, 0.4) is 0 Å². The maximum atomic E-state index is 12.3. The van der Waals surface area contributed by atoms with Gasteiger partial charge in [0.1, 0.15) is 5.71 Å². The highest BCUT2D eigenvalue weighted by Crippen LogP contribution is 2.39. The summed E-state index contributed by atoms with van der Waals surface area (Å²) in [5, 5.41) is 23.0. The Morgan fingerprint density at radius 2 is 1.84 bits per heavy atom. The molecule has 1 aliphatic heterocycles. The van der Waals surface area contributed by atoms with Gasteiger partial charge in [0.25, 0.3) is 5.56 Å². The molecular formula is C18H19Cl2N5O6S. The number of rotatable bonds is 6. The van der Waals surface area contributed by atoms with Gasteiger partial charge in [-0.3, -0.25) is 4.79 Å². The zero-order chi connectivity index (χ0) is 23.8. The molecule has 172 valence electrons. The number of anilines is 1. The number of aliphatic hydroxyl groups is 1. The van der Waals surface area contributed by atoms with Crippen LogP contribution in [0.1, 0.15) is 25.3 Å². The van der Waals surface area contributed by atoms with Crippen LogP contribution >= 0.6 is 23.2 Å². The lowest BCUT2D eigenvalue weighted by molar-refractivity contribution is 0.188. The van der Waals surface area contributed by atoms with Gasteiger partial charge in [-0.2, -0.15) is 10.1 Å². The van der Waals surface area contributed by atoms with E-state index in [2.05, 4.69) is 20.6 Å². The van der Waals surface area contributed by atoms with E-state index in [1.165, 1.54) is 18.2 Å². The molecule has 0 saturated heterocycles. The summed E-state index contributed by atoms with van der Waals surface area (Å²) >= 11 is 12.6. The molecule has 2 amide bonds. The van der Waals surface area contributed by atoms with Gasteiger partial charge in [-0.05, 0) is 18.1 Å². The Morgan fingerprint density at radius 3 is 2.41 bits per heavy atom. The number of nitrogens with zero attached hydrogens (tertiary/aromatic N) is 3. The van der Waals surface area contributed by atoms with Crippen LogP contribution in [0.2, 0.25) is 10.0 Å². The van der Waals surface area contributed by atoms with E-state index in [9.17, 15) is 23.1 Å². The minimum atomic E-state index is -3.52. The number of nitrogens with one attached hydrogen (secondary N) is 2. The highest BCUT2D eigenvalue weighted by atomic mass is 35.5. The van der Waals surface area contributed by atoms with Crippen molar-refractivity contribution in [3.8, 4) is 11.6 Å². The molecule has 2 aromatic rings. The number of H-pyrrole nitrogens is 1. The normalized spacial score (nSPS) is 16.7. The molecule has 1 aliphatic rings. The molecule has 0 aliphatic carbocycles. The van der Waals surface area contributed by atoms with Crippen molar-refractivity contribution in [2.75, 3.05) is 17.0 Å². The number of amides is 2. The van der Waals surface area contributed by atoms with Gasteiger partial charge in [0.05, 0.1) is 21.5 Å². The second kappa shape index (κ2) is 9.06. The van der Waals surface area contributed by atoms with Crippen molar-refractivity contribution in [1.29, 1.82) is 0 Å². The minimum absolute atomic E-state index is 0.00891. The average Bonchev–Trinajstić information content (AvgIpc) is 2.66. The zero-order valence-electron chi connectivity index (χ0n) is 17.1. The summed E-state index contributed by atoms with van der Waals surface area (Å²) in [7, 11) is -3.52. The monoisotopic (exact) mass is 503 g/mol. The van der Waals surface area contributed by atoms with Gasteiger partial charge in [-0.1, -0.05) is 37.0 Å². The van der Waals surface area contributed by atoms with Crippen molar-refractivity contribution in [3.63, 3.8) is 0 Å². The van der Waals surface area contributed by atoms with E-state index in [1.807, 2.05) is 13.8 Å². The van der Waals surface area contributed by atoms with Gasteiger partial charge in [-0.15, -0.1) is 5.10 Å². The number of carbonyl (C=O) groups excluding carboxylic acids is 1. The Hall–Kier alpha value is -2.67. The lowest BCUT2D eigenvalue weighted by atomic mass is 10.1. The SMILES string of the molecule is CC(C)c1cc(Oc2c(Cl)cc(N3N=C(CS(C)(=O)=O)C(O)NC3=O)cc2Cl)n[nH]c1=O. The summed E-state index contributed by atoms with van der Waals surface area (Å²) in [6, 6.07) is 3.28. The maximum Gasteiger partial charge on any atom is 0.344 e. The first kappa shape index (κ1) is 24.0. The van der Waals surface area contributed by atoms with Crippen molar-refractivity contribution < 1.29 is 23.1 Å². The van der Waals surface area contributed by atoms with Crippen molar-refractivity contribution in [3.05, 3.63) is 44.2 Å². The van der Waals surface area contributed by atoms with E-state index >= 15 is 0 Å². The first-order valence-electron chi connectivity index (χ1n) is 9.16. The van der Waals surface area contributed by atoms with E-state index in [4.69, 9.17) is 27.9 Å². The van der Waals surface area contributed by atoms with E-state index in [-0.39, 0.29) is 44.6 Å². The molecule has 2 heterocycles. The van der Waals surface area contributed by atoms with Gasteiger partial charge in [0.15, 0.2) is 21.8 Å². The fourth-order valence-corrected chi connectivity index (χ4v) is 4.10. The molecular weight excluding hydrogens is 485 g/mol. The number of sulfone groups is 1. The van der Waals surface area contributed by atoms with Gasteiger partial charge in [-0.25, -0.2) is 18.3 Å². The molecule has 3 N–H and O–H groups in total. The van der Waals surface area contributed by atoms with Crippen molar-refractivity contribution in [1.82, 2.24) is 15.5 Å². The fourth-order valence-electron chi connectivity index (χ4n) is 2.79. The summed E-state index contributed by atoms with van der Waals surface area (Å²) in [4.78, 5) is 24.1. The maximum absolute atomic E-state index is 12.3. The van der Waals surface area contributed by atoms with Crippen molar-refractivity contribution in [2.24, 2.45) is 5.10 Å². The van der Waals surface area contributed by atoms with Crippen molar-refractivity contribution >= 4 is 50.5 Å². The molecule has 11 nitrogen and oxygen atoms in total. The van der Waals surface area contributed by atoms with Gasteiger partial charge < -0.3 is 15.2 Å². The molecule has 0 saturated carbocycles. The van der Waals surface area contributed by atoms with Crippen LogP contribution in [0.25, 0.3) is 0 Å². The lowest BCUT2D eigenvalue weighted by Crippen LogP contribution is -2.53. The summed E-state index contributed by atoms with van der Waals surface area (Å²) in [5.74, 6) is -0.574. The number of aliphatic hydroxyl groups excluding tert-OH is 1. The predicted molar refractivity (Wildman–Crippen MR) is 120 cm³/mol. The van der Waals surface area contributed by atoms with Crippen LogP contribution < -0.4 is 20.6 Å². The summed E-state index contributed by atoms with van der Waals surface area (Å²) in [6.07, 6.45) is -0.582. The van der Waals surface area contributed by atoms with Crippen LogP contribution in [0.15, 0.2) is 28.1 Å². The minimum Gasteiger partial charge on any atom is -0.434 e. The van der Waals surface area contributed by atoms with E-state index in [1.54, 1.807) is 0 Å². The number of aromatic amines is 1. The molecule has 1 atom stereocenters. The number of urea groups is 1. The second-order valence-corrected chi connectivity index (χ2v) is 10.3. The fraction of sp³-hybridized carbons (Fsp3) is 0.333. The lowest BCUT2D eigenvalue weighted by Gasteiger charge is -2.28. The van der Waals surface area contributed by atoms with E-state index in [0.29, 0.717) is 5.56 Å². The Kier molecular flexibility index (Phi) is 6.79. The number of carbonyl (C=O) groups is 1. The molecule has 3 rings (SSSR count). The highest BCUT2D eigenvalue weighted by Gasteiger charge is 2.30. The molecule has 0 bridgehead atoms. The molecule has 1 aromatic carbocycles. The number of hydrazone groups is 1. The molecule has 0 spiro atoms. The van der Waals surface area contributed by atoms with Crippen LogP contribution in [0, 0.1) is 0 Å². The first-order chi connectivity index (χ1) is 14.9.